The molecule has 0 radical (unpaired) electrons. The molecule has 0 spiro atoms. The van der Waals surface area contributed by atoms with Gasteiger partial charge in [0.2, 0.25) is 0 Å². The first-order valence-electron chi connectivity index (χ1n) is 13.1. The summed E-state index contributed by atoms with van der Waals surface area (Å²) in [7, 11) is 0. The summed E-state index contributed by atoms with van der Waals surface area (Å²) in [6.07, 6.45) is -0.319. The van der Waals surface area contributed by atoms with Gasteiger partial charge in [0.05, 0.1) is 17.0 Å². The van der Waals surface area contributed by atoms with Crippen molar-refractivity contribution in [1.82, 2.24) is 19.3 Å². The zero-order valence-electron chi connectivity index (χ0n) is 22.1. The molecule has 12 heteroatoms. The molecule has 2 unspecified atom stereocenters. The van der Waals surface area contributed by atoms with Gasteiger partial charge in [-0.25, -0.2) is 19.4 Å². The molecule has 5 heterocycles. The van der Waals surface area contributed by atoms with Crippen molar-refractivity contribution in [3.63, 3.8) is 0 Å². The van der Waals surface area contributed by atoms with E-state index in [0.717, 1.165) is 14.4 Å². The summed E-state index contributed by atoms with van der Waals surface area (Å²) < 4.78 is 8.82. The van der Waals surface area contributed by atoms with E-state index in [1.54, 1.807) is 84.9 Å². The van der Waals surface area contributed by atoms with Crippen molar-refractivity contribution in [2.24, 2.45) is 0 Å². The molecule has 0 N–H and O–H groups in total. The second-order valence-electron chi connectivity index (χ2n) is 9.62. The Morgan fingerprint density at radius 3 is 1.74 bits per heavy atom. The third-order valence-electron chi connectivity index (χ3n) is 7.05. The minimum absolute atomic E-state index is 0.117. The number of rotatable bonds is 4. The monoisotopic (exact) mass is 608 g/mol. The lowest BCUT2D eigenvalue weighted by atomic mass is 9.91. The number of carbonyl (C=O) groups excluding carboxylic acids is 3. The number of hydrogen-bond donors (Lipinski definition) is 0. The highest BCUT2D eigenvalue weighted by molar-refractivity contribution is 7.71. The fourth-order valence-electron chi connectivity index (χ4n) is 5.19. The number of nitrogens with zero attached hydrogens (tertiary/aromatic N) is 4. The lowest BCUT2D eigenvalue weighted by Crippen LogP contribution is -2.43. The van der Waals surface area contributed by atoms with Crippen LogP contribution in [0.1, 0.15) is 11.1 Å². The summed E-state index contributed by atoms with van der Waals surface area (Å²) in [5.41, 5.74) is 2.24. The third-order valence-corrected chi connectivity index (χ3v) is 7.69. The van der Waals surface area contributed by atoms with Gasteiger partial charge in [0, 0.05) is 18.0 Å². The number of aromatic nitrogens is 2. The summed E-state index contributed by atoms with van der Waals surface area (Å²) in [5, 5.41) is 0. The predicted octanol–water partition coefficient (Wildman–Crippen LogP) is 5.25. The molecule has 2 aromatic heterocycles. The molecule has 1 saturated heterocycles. The Bertz CT molecular complexity index is 1990. The summed E-state index contributed by atoms with van der Waals surface area (Å²) >= 11 is 10.6. The van der Waals surface area contributed by atoms with Crippen molar-refractivity contribution in [1.29, 1.82) is 0 Å². The average molecular weight is 609 g/mol. The van der Waals surface area contributed by atoms with Gasteiger partial charge in [-0.05, 0) is 35.4 Å². The summed E-state index contributed by atoms with van der Waals surface area (Å²) in [4.78, 5) is 55.4. The van der Waals surface area contributed by atoms with Crippen molar-refractivity contribution in [2.75, 3.05) is 0 Å². The van der Waals surface area contributed by atoms with Crippen LogP contribution in [0.25, 0.3) is 11.4 Å². The fourth-order valence-corrected chi connectivity index (χ4v) is 5.54. The van der Waals surface area contributed by atoms with E-state index in [1.165, 1.54) is 17.3 Å². The van der Waals surface area contributed by atoms with Crippen LogP contribution in [0, 0.1) is 9.28 Å². The molecular formula is C31H20N4O6S2. The van der Waals surface area contributed by atoms with Gasteiger partial charge in [-0.15, -0.1) is 0 Å². The minimum Gasteiger partial charge on any atom is -0.342 e. The van der Waals surface area contributed by atoms with Gasteiger partial charge >= 0.3 is 12.2 Å². The van der Waals surface area contributed by atoms with Crippen LogP contribution in [0.4, 0.5) is 9.59 Å². The quantitative estimate of drug-likeness (QED) is 0.229. The Balaban J connectivity index is 1.42. The van der Waals surface area contributed by atoms with E-state index in [9.17, 15) is 14.4 Å². The normalized spacial score (nSPS) is 18.7. The molecule has 0 bridgehead atoms. The van der Waals surface area contributed by atoms with E-state index >= 15 is 0 Å². The summed E-state index contributed by atoms with van der Waals surface area (Å²) in [6, 6.07) is 27.8. The number of hydrogen-bond acceptors (Lipinski definition) is 8. The minimum atomic E-state index is -0.977. The Kier molecular flexibility index (Phi) is 6.58. The van der Waals surface area contributed by atoms with Crippen molar-refractivity contribution < 1.29 is 28.8 Å². The van der Waals surface area contributed by atoms with Gasteiger partial charge in [0.25, 0.3) is 5.91 Å². The predicted molar refractivity (Wildman–Crippen MR) is 159 cm³/mol. The van der Waals surface area contributed by atoms with E-state index < -0.39 is 30.4 Å². The van der Waals surface area contributed by atoms with E-state index in [0.29, 0.717) is 22.4 Å². The van der Waals surface area contributed by atoms with Gasteiger partial charge in [-0.3, -0.25) is 4.79 Å². The van der Waals surface area contributed by atoms with Gasteiger partial charge in [0.1, 0.15) is 15.4 Å². The Labute approximate surface area is 254 Å². The molecular weight excluding hydrogens is 588 g/mol. The number of amides is 3. The van der Waals surface area contributed by atoms with E-state index in [4.69, 9.17) is 38.8 Å². The fraction of sp³-hybridized carbons (Fsp3) is 0.0645. The third kappa shape index (κ3) is 4.57. The first-order chi connectivity index (χ1) is 20.9. The zero-order chi connectivity index (χ0) is 29.7. The van der Waals surface area contributed by atoms with Gasteiger partial charge < -0.3 is 14.4 Å². The van der Waals surface area contributed by atoms with Crippen LogP contribution in [0.3, 0.4) is 0 Å². The van der Waals surface area contributed by atoms with Crippen molar-refractivity contribution >= 4 is 53.9 Å². The van der Waals surface area contributed by atoms with Crippen LogP contribution in [-0.4, -0.2) is 49.7 Å². The molecule has 212 valence electrons. The van der Waals surface area contributed by atoms with E-state index in [-0.39, 0.29) is 20.6 Å². The average Bonchev–Trinajstić information content (AvgIpc) is 3.76. The SMILES string of the molecule is O=C(On1ccccc1=S)N1C(=O)C2=C(c3ccccc3)N(C(=O)On3ccccc3=S)C3OC3C2=C1c1ccccc1. The van der Waals surface area contributed by atoms with Gasteiger partial charge in [0.15, 0.2) is 6.23 Å². The number of carbonyl (C=O) groups is 3. The van der Waals surface area contributed by atoms with Crippen molar-refractivity contribution in [3.8, 4) is 0 Å². The van der Waals surface area contributed by atoms with Crippen LogP contribution < -0.4 is 9.68 Å². The van der Waals surface area contributed by atoms with Crippen molar-refractivity contribution in [3.05, 3.63) is 141 Å². The highest BCUT2D eigenvalue weighted by Gasteiger charge is 2.61. The number of ether oxygens (including phenoxy) is 1. The molecule has 0 aliphatic carbocycles. The number of imide groups is 1. The topological polar surface area (TPSA) is 98.5 Å². The second-order valence-corrected chi connectivity index (χ2v) is 10.5. The number of epoxide rings is 1. The van der Waals surface area contributed by atoms with E-state index in [1.807, 2.05) is 12.1 Å². The molecule has 43 heavy (non-hydrogen) atoms. The first kappa shape index (κ1) is 26.7. The standard InChI is InChI=1S/C31H20N4O6S2/c36-28-24-23(25(19-11-3-1-4-12-19)34(28)30(37)40-32-17-9-7-15-21(32)42)27-29(39-27)35(26(24)20-13-5-2-6-14-20)31(38)41-33-18-10-8-16-22(33)43/h1-18,27,29H. The maximum absolute atomic E-state index is 14.4. The largest absolute Gasteiger partial charge is 0.446 e. The van der Waals surface area contributed by atoms with E-state index in [2.05, 4.69) is 0 Å². The molecule has 10 nitrogen and oxygen atoms in total. The molecule has 3 aliphatic rings. The number of fused-ring (bicyclic) bond motifs is 3. The molecule has 3 amide bonds. The second kappa shape index (κ2) is 10.6. The van der Waals surface area contributed by atoms with Gasteiger partial charge in [-0.1, -0.05) is 97.2 Å². The number of benzene rings is 2. The molecule has 1 fully saturated rings. The first-order valence-corrected chi connectivity index (χ1v) is 13.9. The summed E-state index contributed by atoms with van der Waals surface area (Å²) in [5.74, 6) is -0.691. The maximum atomic E-state index is 14.4. The zero-order valence-corrected chi connectivity index (χ0v) is 23.7. The highest BCUT2D eigenvalue weighted by Crippen LogP contribution is 2.53. The van der Waals surface area contributed by atoms with Crippen LogP contribution >= 0.6 is 24.4 Å². The molecule has 7 rings (SSSR count). The lowest BCUT2D eigenvalue weighted by Gasteiger charge is -2.28. The number of pyridine rings is 2. The van der Waals surface area contributed by atoms with Gasteiger partial charge in [-0.2, -0.15) is 9.46 Å². The maximum Gasteiger partial charge on any atom is 0.446 e. The van der Waals surface area contributed by atoms with Crippen molar-refractivity contribution in [2.45, 2.75) is 12.3 Å². The molecule has 4 aromatic rings. The summed E-state index contributed by atoms with van der Waals surface area (Å²) in [6.45, 7) is 0. The molecule has 0 saturated carbocycles. The Morgan fingerprint density at radius 1 is 0.674 bits per heavy atom. The Hall–Kier alpha value is -5.17. The van der Waals surface area contributed by atoms with Crippen LogP contribution in [0.2, 0.25) is 0 Å². The Morgan fingerprint density at radius 2 is 1.19 bits per heavy atom. The van der Waals surface area contributed by atoms with Crippen LogP contribution in [0.5, 0.6) is 0 Å². The molecule has 3 aliphatic heterocycles. The molecule has 2 aromatic carbocycles. The smallest absolute Gasteiger partial charge is 0.342 e. The van der Waals surface area contributed by atoms with Crippen LogP contribution in [0.15, 0.2) is 121 Å². The lowest BCUT2D eigenvalue weighted by molar-refractivity contribution is -0.122. The van der Waals surface area contributed by atoms with Crippen LogP contribution in [-0.2, 0) is 9.53 Å². The molecule has 2 atom stereocenters. The highest BCUT2D eigenvalue weighted by atomic mass is 32.1.